The van der Waals surface area contributed by atoms with Crippen LogP contribution >= 0.6 is 0 Å². The van der Waals surface area contributed by atoms with Crippen LogP contribution in [0.4, 0.5) is 29.3 Å². The summed E-state index contributed by atoms with van der Waals surface area (Å²) in [5.74, 6) is 0.141. The maximum Gasteiger partial charge on any atom is 0.418 e. The summed E-state index contributed by atoms with van der Waals surface area (Å²) in [5.41, 5.74) is -1.50. The third kappa shape index (κ3) is 5.74. The van der Waals surface area contributed by atoms with Gasteiger partial charge in [0.2, 0.25) is 5.91 Å². The van der Waals surface area contributed by atoms with E-state index >= 15 is 0 Å². The SMILES string of the molecule is CC(C)COC(=O)Nc1ccc(N2CCC[C@@]3(CCN(C4CCC(O)CC4)C3=O)C2)c(C(F)(F)F)c1. The fraction of sp³-hybridized carbons (Fsp3) is 0.692. The van der Waals surface area contributed by atoms with Crippen molar-refractivity contribution in [2.24, 2.45) is 11.3 Å². The van der Waals surface area contributed by atoms with Crippen LogP contribution in [-0.4, -0.2) is 60.4 Å². The molecule has 1 spiro atoms. The largest absolute Gasteiger partial charge is 0.449 e. The number of nitrogens with one attached hydrogen (secondary N) is 1. The highest BCUT2D eigenvalue weighted by Crippen LogP contribution is 2.46. The van der Waals surface area contributed by atoms with Gasteiger partial charge < -0.3 is 19.6 Å². The molecule has 1 saturated carbocycles. The third-order valence-electron chi connectivity index (χ3n) is 7.67. The van der Waals surface area contributed by atoms with Gasteiger partial charge in [0, 0.05) is 37.1 Å². The summed E-state index contributed by atoms with van der Waals surface area (Å²) in [6, 6.07) is 3.85. The summed E-state index contributed by atoms with van der Waals surface area (Å²) in [7, 11) is 0. The van der Waals surface area contributed by atoms with Crippen LogP contribution in [0.25, 0.3) is 0 Å². The highest BCUT2D eigenvalue weighted by molar-refractivity contribution is 5.87. The van der Waals surface area contributed by atoms with Gasteiger partial charge in [0.15, 0.2) is 0 Å². The van der Waals surface area contributed by atoms with E-state index in [2.05, 4.69) is 5.32 Å². The van der Waals surface area contributed by atoms with E-state index in [1.165, 1.54) is 12.1 Å². The van der Waals surface area contributed by atoms with Gasteiger partial charge in [-0.05, 0) is 69.1 Å². The van der Waals surface area contributed by atoms with Crippen LogP contribution in [0.2, 0.25) is 0 Å². The number of aliphatic hydroxyl groups excluding tert-OH is 1. The van der Waals surface area contributed by atoms with Crippen LogP contribution in [0.5, 0.6) is 0 Å². The van der Waals surface area contributed by atoms with Crippen molar-refractivity contribution in [1.82, 2.24) is 4.90 Å². The second kappa shape index (κ2) is 10.5. The van der Waals surface area contributed by atoms with Gasteiger partial charge >= 0.3 is 12.3 Å². The Bertz CT molecular complexity index is 962. The molecule has 1 aromatic rings. The zero-order chi connectivity index (χ0) is 26.1. The molecule has 0 aromatic heterocycles. The Balaban J connectivity index is 1.51. The molecule has 2 amide bonds. The van der Waals surface area contributed by atoms with Gasteiger partial charge in [-0.25, -0.2) is 4.79 Å². The molecule has 7 nitrogen and oxygen atoms in total. The monoisotopic (exact) mass is 511 g/mol. The smallest absolute Gasteiger partial charge is 0.418 e. The molecule has 1 aromatic carbocycles. The van der Waals surface area contributed by atoms with Gasteiger partial charge in [-0.15, -0.1) is 0 Å². The highest BCUT2D eigenvalue weighted by Gasteiger charge is 2.51. The first-order valence-corrected chi connectivity index (χ1v) is 12.9. The third-order valence-corrected chi connectivity index (χ3v) is 7.67. The number of piperidine rings is 1. The molecular formula is C26H36F3N3O4. The van der Waals surface area contributed by atoms with Crippen molar-refractivity contribution in [2.45, 2.75) is 77.1 Å². The van der Waals surface area contributed by atoms with E-state index in [4.69, 9.17) is 4.74 Å². The topological polar surface area (TPSA) is 82.1 Å². The first-order chi connectivity index (χ1) is 17.0. The summed E-state index contributed by atoms with van der Waals surface area (Å²) in [5, 5.41) is 12.2. The summed E-state index contributed by atoms with van der Waals surface area (Å²) in [6.07, 6.45) is -0.946. The second-order valence-corrected chi connectivity index (χ2v) is 10.9. The summed E-state index contributed by atoms with van der Waals surface area (Å²) >= 11 is 0. The number of carbonyl (C=O) groups excluding carboxylic acids is 2. The lowest BCUT2D eigenvalue weighted by Crippen LogP contribution is -2.50. The maximum atomic E-state index is 14.1. The van der Waals surface area contributed by atoms with Crippen molar-refractivity contribution >= 4 is 23.4 Å². The van der Waals surface area contributed by atoms with E-state index in [0.717, 1.165) is 18.9 Å². The van der Waals surface area contributed by atoms with Crippen molar-refractivity contribution < 1.29 is 32.6 Å². The fourth-order valence-corrected chi connectivity index (χ4v) is 5.79. The van der Waals surface area contributed by atoms with Crippen LogP contribution in [0.15, 0.2) is 18.2 Å². The van der Waals surface area contributed by atoms with E-state index in [-0.39, 0.29) is 48.5 Å². The van der Waals surface area contributed by atoms with Gasteiger partial charge in [-0.3, -0.25) is 10.1 Å². The highest BCUT2D eigenvalue weighted by atomic mass is 19.4. The number of hydrogen-bond acceptors (Lipinski definition) is 5. The zero-order valence-corrected chi connectivity index (χ0v) is 20.9. The number of benzene rings is 1. The molecule has 1 atom stereocenters. The number of amides is 2. The van der Waals surface area contributed by atoms with Crippen molar-refractivity contribution in [3.8, 4) is 0 Å². The number of ether oxygens (including phenoxy) is 1. The van der Waals surface area contributed by atoms with Crippen molar-refractivity contribution in [1.29, 1.82) is 0 Å². The normalized spacial score (nSPS) is 27.1. The molecule has 2 aliphatic heterocycles. The maximum absolute atomic E-state index is 14.1. The summed E-state index contributed by atoms with van der Waals surface area (Å²) in [4.78, 5) is 29.1. The van der Waals surface area contributed by atoms with Gasteiger partial charge in [-0.1, -0.05) is 13.8 Å². The number of carbonyl (C=O) groups is 2. The molecule has 3 aliphatic rings. The minimum absolute atomic E-state index is 0.00848. The van der Waals surface area contributed by atoms with E-state index in [1.807, 2.05) is 18.7 Å². The minimum Gasteiger partial charge on any atom is -0.449 e. The van der Waals surface area contributed by atoms with E-state index in [0.29, 0.717) is 45.2 Å². The molecule has 36 heavy (non-hydrogen) atoms. The van der Waals surface area contributed by atoms with Crippen LogP contribution in [0.3, 0.4) is 0 Å². The number of alkyl halides is 3. The Morgan fingerprint density at radius 3 is 2.58 bits per heavy atom. The van der Waals surface area contributed by atoms with Crippen LogP contribution in [0.1, 0.15) is 64.4 Å². The molecule has 4 rings (SSSR count). The Morgan fingerprint density at radius 1 is 1.19 bits per heavy atom. The van der Waals surface area contributed by atoms with Gasteiger partial charge in [0.1, 0.15) is 0 Å². The fourth-order valence-electron chi connectivity index (χ4n) is 5.79. The predicted octanol–water partition coefficient (Wildman–Crippen LogP) is 5.03. The molecule has 0 radical (unpaired) electrons. The average Bonchev–Trinajstić information content (AvgIpc) is 3.13. The molecule has 1 aliphatic carbocycles. The van der Waals surface area contributed by atoms with Crippen molar-refractivity contribution in [2.75, 3.05) is 36.5 Å². The lowest BCUT2D eigenvalue weighted by molar-refractivity contribution is -0.139. The Labute approximate surface area is 210 Å². The molecule has 2 N–H and O–H groups in total. The molecule has 10 heteroatoms. The van der Waals surface area contributed by atoms with Gasteiger partial charge in [0.25, 0.3) is 0 Å². The number of nitrogens with zero attached hydrogens (tertiary/aromatic N) is 2. The summed E-state index contributed by atoms with van der Waals surface area (Å²) in [6.45, 7) is 5.17. The molecule has 200 valence electrons. The molecule has 2 saturated heterocycles. The number of likely N-dealkylation sites (tertiary alicyclic amines) is 1. The lowest BCUT2D eigenvalue weighted by atomic mass is 9.78. The average molecular weight is 512 g/mol. The first-order valence-electron chi connectivity index (χ1n) is 12.9. The van der Waals surface area contributed by atoms with Gasteiger partial charge in [-0.2, -0.15) is 13.2 Å². The molecule has 0 unspecified atom stereocenters. The molecular weight excluding hydrogens is 475 g/mol. The van der Waals surface area contributed by atoms with E-state index < -0.39 is 23.2 Å². The van der Waals surface area contributed by atoms with Crippen molar-refractivity contribution in [3.63, 3.8) is 0 Å². The molecule has 0 bridgehead atoms. The molecule has 2 heterocycles. The molecule has 3 fully saturated rings. The minimum atomic E-state index is -4.63. The Morgan fingerprint density at radius 2 is 1.92 bits per heavy atom. The number of aliphatic hydroxyl groups is 1. The van der Waals surface area contributed by atoms with E-state index in [1.54, 1.807) is 4.90 Å². The Kier molecular flexibility index (Phi) is 7.73. The van der Waals surface area contributed by atoms with Crippen molar-refractivity contribution in [3.05, 3.63) is 23.8 Å². The first kappa shape index (κ1) is 26.6. The Hall–Kier alpha value is -2.49. The van der Waals surface area contributed by atoms with Crippen LogP contribution in [0, 0.1) is 11.3 Å². The number of halogens is 3. The summed E-state index contributed by atoms with van der Waals surface area (Å²) < 4.78 is 47.3. The lowest BCUT2D eigenvalue weighted by Gasteiger charge is -2.42. The quantitative estimate of drug-likeness (QED) is 0.579. The van der Waals surface area contributed by atoms with Crippen LogP contribution < -0.4 is 10.2 Å². The standard InChI is InChI=1S/C26H36F3N3O4/c1-17(2)15-36-24(35)30-18-4-9-22(21(14-18)26(27,28)29)31-12-3-10-25(16-31)11-13-32(23(25)34)19-5-7-20(33)8-6-19/h4,9,14,17,19-20,33H,3,5-8,10-13,15-16H2,1-2H3,(H,30,35)/t19?,20?,25-/m1/s1. The zero-order valence-electron chi connectivity index (χ0n) is 20.9. The predicted molar refractivity (Wildman–Crippen MR) is 130 cm³/mol. The second-order valence-electron chi connectivity index (χ2n) is 10.9. The van der Waals surface area contributed by atoms with E-state index in [9.17, 15) is 27.9 Å². The van der Waals surface area contributed by atoms with Gasteiger partial charge in [0.05, 0.1) is 23.7 Å². The number of anilines is 2. The number of hydrogen-bond donors (Lipinski definition) is 2. The number of rotatable bonds is 5. The van der Waals surface area contributed by atoms with Crippen LogP contribution in [-0.2, 0) is 15.7 Å².